The molecule has 0 amide bonds. The Morgan fingerprint density at radius 3 is 2.77 bits per heavy atom. The SMILES string of the molecule is Cn1cc2c(N3CCCC3c3nc4ccccc4c(=O)n3CC(F)(F)F)ncnc2n1. The summed E-state index contributed by atoms with van der Waals surface area (Å²) in [7, 11) is 1.76. The van der Waals surface area contributed by atoms with E-state index >= 15 is 0 Å². The number of para-hydroxylation sites is 1. The van der Waals surface area contributed by atoms with Crippen LogP contribution in [-0.4, -0.2) is 42.0 Å². The van der Waals surface area contributed by atoms with Crippen LogP contribution in [0.25, 0.3) is 21.9 Å². The third-order valence-corrected chi connectivity index (χ3v) is 5.46. The normalized spacial score (nSPS) is 17.2. The first kappa shape index (κ1) is 19.5. The Morgan fingerprint density at radius 2 is 1.97 bits per heavy atom. The van der Waals surface area contributed by atoms with Gasteiger partial charge < -0.3 is 4.90 Å². The molecule has 1 aliphatic rings. The molecule has 8 nitrogen and oxygen atoms in total. The number of alkyl halides is 3. The summed E-state index contributed by atoms with van der Waals surface area (Å²) in [5.41, 5.74) is 0.179. The second kappa shape index (κ2) is 7.03. The topological polar surface area (TPSA) is 81.7 Å². The van der Waals surface area contributed by atoms with Gasteiger partial charge in [0.15, 0.2) is 5.65 Å². The summed E-state index contributed by atoms with van der Waals surface area (Å²) in [6.07, 6.45) is -0.120. The Labute approximate surface area is 174 Å². The van der Waals surface area contributed by atoms with Gasteiger partial charge in [0.25, 0.3) is 5.56 Å². The lowest BCUT2D eigenvalue weighted by molar-refractivity contribution is -0.141. The highest BCUT2D eigenvalue weighted by Gasteiger charge is 2.36. The van der Waals surface area contributed by atoms with Crippen LogP contribution in [0.3, 0.4) is 0 Å². The molecule has 31 heavy (non-hydrogen) atoms. The second-order valence-corrected chi connectivity index (χ2v) is 7.58. The zero-order valence-electron chi connectivity index (χ0n) is 16.5. The van der Waals surface area contributed by atoms with Crippen LogP contribution in [0.4, 0.5) is 19.0 Å². The predicted octanol–water partition coefficient (Wildman–Crippen LogP) is 2.98. The Balaban J connectivity index is 1.70. The van der Waals surface area contributed by atoms with Gasteiger partial charge in [-0.1, -0.05) is 12.1 Å². The molecule has 0 aliphatic carbocycles. The van der Waals surface area contributed by atoms with Crippen molar-refractivity contribution in [2.75, 3.05) is 11.4 Å². The van der Waals surface area contributed by atoms with Gasteiger partial charge in [0, 0.05) is 19.8 Å². The molecule has 3 aromatic heterocycles. The largest absolute Gasteiger partial charge is 0.406 e. The smallest absolute Gasteiger partial charge is 0.346 e. The number of hydrogen-bond acceptors (Lipinski definition) is 6. The van der Waals surface area contributed by atoms with Crippen molar-refractivity contribution >= 4 is 27.8 Å². The summed E-state index contributed by atoms with van der Waals surface area (Å²) < 4.78 is 42.5. The van der Waals surface area contributed by atoms with Crippen molar-refractivity contribution in [2.45, 2.75) is 31.6 Å². The number of fused-ring (bicyclic) bond motifs is 2. The van der Waals surface area contributed by atoms with Crippen molar-refractivity contribution in [2.24, 2.45) is 7.05 Å². The number of halogens is 3. The Hall–Kier alpha value is -3.50. The van der Waals surface area contributed by atoms with Crippen LogP contribution >= 0.6 is 0 Å². The average Bonchev–Trinajstić information content (AvgIpc) is 3.34. The minimum atomic E-state index is -4.56. The van der Waals surface area contributed by atoms with Crippen molar-refractivity contribution in [3.63, 3.8) is 0 Å². The summed E-state index contributed by atoms with van der Waals surface area (Å²) in [6, 6.07) is 5.93. The molecular formula is C20H18F3N7O. The van der Waals surface area contributed by atoms with Crippen LogP contribution in [0, 0.1) is 0 Å². The van der Waals surface area contributed by atoms with E-state index in [9.17, 15) is 18.0 Å². The first-order chi connectivity index (χ1) is 14.8. The molecular weight excluding hydrogens is 411 g/mol. The Kier molecular flexibility index (Phi) is 4.42. The molecule has 1 aromatic carbocycles. The third-order valence-electron chi connectivity index (χ3n) is 5.46. The van der Waals surface area contributed by atoms with Gasteiger partial charge in [-0.25, -0.2) is 15.0 Å². The minimum absolute atomic E-state index is 0.0918. The maximum atomic E-state index is 13.4. The van der Waals surface area contributed by atoms with E-state index in [0.29, 0.717) is 35.3 Å². The van der Waals surface area contributed by atoms with Crippen LogP contribution in [0.15, 0.2) is 41.6 Å². The lowest BCUT2D eigenvalue weighted by atomic mass is 10.1. The number of hydrogen-bond donors (Lipinski definition) is 0. The molecule has 1 saturated heterocycles. The van der Waals surface area contributed by atoms with Crippen LogP contribution in [-0.2, 0) is 13.6 Å². The lowest BCUT2D eigenvalue weighted by Crippen LogP contribution is -2.36. The maximum Gasteiger partial charge on any atom is 0.406 e. The zero-order chi connectivity index (χ0) is 21.8. The molecule has 4 aromatic rings. The van der Waals surface area contributed by atoms with Gasteiger partial charge in [-0.2, -0.15) is 18.3 Å². The molecule has 160 valence electrons. The first-order valence-corrected chi connectivity index (χ1v) is 9.79. The molecule has 1 fully saturated rings. The van der Waals surface area contributed by atoms with Crippen molar-refractivity contribution in [3.8, 4) is 0 Å². The molecule has 1 aliphatic heterocycles. The number of nitrogens with zero attached hydrogens (tertiary/aromatic N) is 7. The predicted molar refractivity (Wildman–Crippen MR) is 108 cm³/mol. The Bertz CT molecular complexity index is 1340. The summed E-state index contributed by atoms with van der Waals surface area (Å²) >= 11 is 0. The van der Waals surface area contributed by atoms with Crippen molar-refractivity contribution in [1.29, 1.82) is 0 Å². The molecule has 4 heterocycles. The number of aromatic nitrogens is 6. The lowest BCUT2D eigenvalue weighted by Gasteiger charge is -2.28. The summed E-state index contributed by atoms with van der Waals surface area (Å²) in [5, 5.41) is 5.14. The van der Waals surface area contributed by atoms with Gasteiger partial charge in [-0.15, -0.1) is 0 Å². The van der Waals surface area contributed by atoms with Crippen molar-refractivity contribution in [3.05, 3.63) is 53.0 Å². The van der Waals surface area contributed by atoms with Gasteiger partial charge in [0.05, 0.1) is 22.3 Å². The fourth-order valence-corrected chi connectivity index (χ4v) is 4.23. The highest BCUT2D eigenvalue weighted by Crippen LogP contribution is 2.37. The van der Waals surface area contributed by atoms with Crippen LogP contribution < -0.4 is 10.5 Å². The van der Waals surface area contributed by atoms with Crippen molar-refractivity contribution in [1.82, 2.24) is 29.3 Å². The quantitative estimate of drug-likeness (QED) is 0.498. The van der Waals surface area contributed by atoms with E-state index < -0.39 is 24.3 Å². The maximum absolute atomic E-state index is 13.4. The van der Waals surface area contributed by atoms with E-state index in [0.717, 1.165) is 11.0 Å². The van der Waals surface area contributed by atoms with Crippen LogP contribution in [0.2, 0.25) is 0 Å². The van der Waals surface area contributed by atoms with Gasteiger partial charge >= 0.3 is 6.18 Å². The van der Waals surface area contributed by atoms with Gasteiger partial charge in [0.1, 0.15) is 24.5 Å². The van der Waals surface area contributed by atoms with E-state index in [1.807, 2.05) is 4.90 Å². The summed E-state index contributed by atoms with van der Waals surface area (Å²) in [5.74, 6) is 0.663. The van der Waals surface area contributed by atoms with Crippen LogP contribution in [0.5, 0.6) is 0 Å². The van der Waals surface area contributed by atoms with E-state index in [1.54, 1.807) is 36.1 Å². The van der Waals surface area contributed by atoms with E-state index in [2.05, 4.69) is 20.1 Å². The fourth-order valence-electron chi connectivity index (χ4n) is 4.23. The molecule has 0 saturated carbocycles. The summed E-state index contributed by atoms with van der Waals surface area (Å²) in [4.78, 5) is 28.0. The van der Waals surface area contributed by atoms with Crippen LogP contribution in [0.1, 0.15) is 24.7 Å². The Morgan fingerprint density at radius 1 is 1.16 bits per heavy atom. The van der Waals surface area contributed by atoms with Gasteiger partial charge in [-0.05, 0) is 25.0 Å². The number of anilines is 1. The van der Waals surface area contributed by atoms with Gasteiger partial charge in [0.2, 0.25) is 0 Å². The highest BCUT2D eigenvalue weighted by atomic mass is 19.4. The molecule has 1 unspecified atom stereocenters. The van der Waals surface area contributed by atoms with Crippen molar-refractivity contribution < 1.29 is 13.2 Å². The number of aryl methyl sites for hydroxylation is 1. The molecule has 0 bridgehead atoms. The van der Waals surface area contributed by atoms with E-state index in [1.165, 1.54) is 12.4 Å². The number of rotatable bonds is 3. The fraction of sp³-hybridized carbons (Fsp3) is 0.350. The molecule has 5 rings (SSSR count). The standard InChI is InChI=1S/C20H18F3N7O/c1-28-9-13-16(27-28)24-11-25-17(13)29-8-4-7-15(29)18-26-14-6-3-2-5-12(14)19(31)30(18)10-20(21,22)23/h2-3,5-6,9,11,15H,4,7-8,10H2,1H3. The molecule has 0 radical (unpaired) electrons. The average molecular weight is 429 g/mol. The number of benzene rings is 1. The second-order valence-electron chi connectivity index (χ2n) is 7.58. The van der Waals surface area contributed by atoms with Gasteiger partial charge in [-0.3, -0.25) is 14.0 Å². The minimum Gasteiger partial charge on any atom is -0.346 e. The first-order valence-electron chi connectivity index (χ1n) is 9.79. The molecule has 0 N–H and O–H groups in total. The van der Waals surface area contributed by atoms with E-state index in [4.69, 9.17) is 0 Å². The molecule has 11 heteroatoms. The zero-order valence-corrected chi connectivity index (χ0v) is 16.5. The molecule has 1 atom stereocenters. The molecule has 0 spiro atoms. The third kappa shape index (κ3) is 3.39. The highest BCUT2D eigenvalue weighted by molar-refractivity contribution is 5.86. The monoisotopic (exact) mass is 429 g/mol. The van der Waals surface area contributed by atoms with E-state index in [-0.39, 0.29) is 11.2 Å². The summed E-state index contributed by atoms with van der Waals surface area (Å²) in [6.45, 7) is -0.824.